The number of nitrogens with zero attached hydrogens (tertiary/aromatic N) is 1. The highest BCUT2D eigenvalue weighted by atomic mass is 16.6. The van der Waals surface area contributed by atoms with Crippen LogP contribution in [0.4, 0.5) is 4.79 Å². The highest BCUT2D eigenvalue weighted by Crippen LogP contribution is 2.21. The van der Waals surface area contributed by atoms with Crippen LogP contribution in [0, 0.1) is 6.92 Å². The molecule has 2 aromatic carbocycles. The van der Waals surface area contributed by atoms with E-state index in [9.17, 15) is 9.59 Å². The van der Waals surface area contributed by atoms with Gasteiger partial charge in [-0.25, -0.2) is 4.79 Å². The van der Waals surface area contributed by atoms with E-state index >= 15 is 0 Å². The van der Waals surface area contributed by atoms with Gasteiger partial charge in [0.25, 0.3) is 5.91 Å². The lowest BCUT2D eigenvalue weighted by Gasteiger charge is -2.31. The summed E-state index contributed by atoms with van der Waals surface area (Å²) in [6.45, 7) is 5.77. The van der Waals surface area contributed by atoms with Gasteiger partial charge in [-0.05, 0) is 44.4 Å². The van der Waals surface area contributed by atoms with Crippen molar-refractivity contribution in [3.63, 3.8) is 0 Å². The van der Waals surface area contributed by atoms with E-state index in [4.69, 9.17) is 9.47 Å². The lowest BCUT2D eigenvalue weighted by Crippen LogP contribution is -2.46. The Morgan fingerprint density at radius 3 is 2.59 bits per heavy atom. The number of piperidine rings is 1. The number of aryl methyl sites for hydroxylation is 1. The van der Waals surface area contributed by atoms with Crippen molar-refractivity contribution < 1.29 is 19.1 Å². The summed E-state index contributed by atoms with van der Waals surface area (Å²) in [5.74, 6) is 0.412. The van der Waals surface area contributed by atoms with E-state index in [1.807, 2.05) is 43.3 Å². The number of hydrogen-bond acceptors (Lipinski definition) is 4. The zero-order valence-corrected chi connectivity index (χ0v) is 17.0. The molecule has 0 bridgehead atoms. The van der Waals surface area contributed by atoms with E-state index in [-0.39, 0.29) is 18.0 Å². The van der Waals surface area contributed by atoms with Crippen LogP contribution in [0.15, 0.2) is 48.5 Å². The van der Waals surface area contributed by atoms with Crippen molar-refractivity contribution in [3.8, 4) is 5.75 Å². The van der Waals surface area contributed by atoms with Crippen LogP contribution in [0.25, 0.3) is 0 Å². The van der Waals surface area contributed by atoms with Crippen molar-refractivity contribution in [2.24, 2.45) is 0 Å². The van der Waals surface area contributed by atoms with Crippen molar-refractivity contribution >= 4 is 12.0 Å². The van der Waals surface area contributed by atoms with Gasteiger partial charge in [0.05, 0.1) is 12.2 Å². The van der Waals surface area contributed by atoms with Crippen molar-refractivity contribution in [2.75, 3.05) is 19.7 Å². The molecule has 0 saturated carbocycles. The van der Waals surface area contributed by atoms with Gasteiger partial charge in [-0.2, -0.15) is 0 Å². The minimum absolute atomic E-state index is 0.0259. The Morgan fingerprint density at radius 1 is 1.10 bits per heavy atom. The smallest absolute Gasteiger partial charge is 0.409 e. The first-order valence-electron chi connectivity index (χ1n) is 10.1. The van der Waals surface area contributed by atoms with E-state index in [2.05, 4.69) is 11.4 Å². The molecule has 2 amide bonds. The highest BCUT2D eigenvalue weighted by molar-refractivity contribution is 5.97. The molecule has 0 radical (unpaired) electrons. The molecule has 1 aliphatic rings. The molecule has 0 aromatic heterocycles. The van der Waals surface area contributed by atoms with Gasteiger partial charge in [-0.15, -0.1) is 0 Å². The third kappa shape index (κ3) is 5.73. The summed E-state index contributed by atoms with van der Waals surface area (Å²) in [7, 11) is 0. The maximum absolute atomic E-state index is 12.8. The lowest BCUT2D eigenvalue weighted by atomic mass is 10.0. The second kappa shape index (κ2) is 9.96. The van der Waals surface area contributed by atoms with Crippen LogP contribution in [0.3, 0.4) is 0 Å². The fourth-order valence-corrected chi connectivity index (χ4v) is 3.43. The number of likely N-dealkylation sites (tertiary alicyclic amines) is 1. The van der Waals surface area contributed by atoms with Gasteiger partial charge in [0.2, 0.25) is 0 Å². The van der Waals surface area contributed by atoms with Gasteiger partial charge >= 0.3 is 6.09 Å². The molecule has 1 fully saturated rings. The first-order chi connectivity index (χ1) is 14.1. The predicted molar refractivity (Wildman–Crippen MR) is 111 cm³/mol. The molecule has 3 rings (SSSR count). The number of ether oxygens (including phenoxy) is 2. The molecule has 0 unspecified atom stereocenters. The Kier molecular flexibility index (Phi) is 7.11. The number of para-hydroxylation sites is 1. The van der Waals surface area contributed by atoms with Crippen LogP contribution in [0.5, 0.6) is 5.75 Å². The maximum Gasteiger partial charge on any atom is 0.409 e. The second-order valence-electron chi connectivity index (χ2n) is 7.21. The van der Waals surface area contributed by atoms with Crippen LogP contribution in [0.1, 0.15) is 41.3 Å². The Morgan fingerprint density at radius 2 is 1.86 bits per heavy atom. The Bertz CT molecular complexity index is 844. The van der Waals surface area contributed by atoms with Gasteiger partial charge in [-0.1, -0.05) is 42.0 Å². The molecule has 1 heterocycles. The van der Waals surface area contributed by atoms with E-state index in [1.54, 1.807) is 17.9 Å². The van der Waals surface area contributed by atoms with Gasteiger partial charge in [0.15, 0.2) is 0 Å². The Balaban J connectivity index is 1.57. The van der Waals surface area contributed by atoms with Crippen molar-refractivity contribution in [1.29, 1.82) is 0 Å². The normalized spacial score (nSPS) is 14.3. The monoisotopic (exact) mass is 396 g/mol. The minimum Gasteiger partial charge on any atom is -0.488 e. The summed E-state index contributed by atoms with van der Waals surface area (Å²) < 4.78 is 11.0. The number of carbonyl (C=O) groups is 2. The molecule has 0 atom stereocenters. The number of rotatable bonds is 6. The van der Waals surface area contributed by atoms with E-state index in [0.717, 1.165) is 5.56 Å². The first kappa shape index (κ1) is 20.7. The lowest BCUT2D eigenvalue weighted by molar-refractivity contribution is 0.0857. The first-order valence-corrected chi connectivity index (χ1v) is 10.1. The Hall–Kier alpha value is -3.02. The molecule has 1 N–H and O–H groups in total. The Labute approximate surface area is 171 Å². The zero-order valence-electron chi connectivity index (χ0n) is 17.0. The van der Waals surface area contributed by atoms with Gasteiger partial charge in [-0.3, -0.25) is 4.79 Å². The van der Waals surface area contributed by atoms with Gasteiger partial charge in [0, 0.05) is 19.1 Å². The van der Waals surface area contributed by atoms with Crippen LogP contribution in [0.2, 0.25) is 0 Å². The standard InChI is InChI=1S/C23H28N2O4/c1-3-28-23(27)25-13-11-19(12-14-25)24-22(26)20-9-4-5-10-21(20)29-16-18-8-6-7-17(2)15-18/h4-10,15,19H,3,11-14,16H2,1-2H3,(H,24,26). The maximum atomic E-state index is 12.8. The summed E-state index contributed by atoms with van der Waals surface area (Å²) in [6.07, 6.45) is 1.13. The summed E-state index contributed by atoms with van der Waals surface area (Å²) in [5.41, 5.74) is 2.76. The summed E-state index contributed by atoms with van der Waals surface area (Å²) in [6, 6.07) is 15.4. The van der Waals surface area contributed by atoms with Crippen LogP contribution < -0.4 is 10.1 Å². The third-order valence-electron chi connectivity index (χ3n) is 4.96. The fourth-order valence-electron chi connectivity index (χ4n) is 3.43. The number of amides is 2. The number of hydrogen-bond donors (Lipinski definition) is 1. The number of benzene rings is 2. The highest BCUT2D eigenvalue weighted by Gasteiger charge is 2.25. The third-order valence-corrected chi connectivity index (χ3v) is 4.96. The van der Waals surface area contributed by atoms with Crippen molar-refractivity contribution in [3.05, 3.63) is 65.2 Å². The predicted octanol–water partition coefficient (Wildman–Crippen LogP) is 3.92. The largest absolute Gasteiger partial charge is 0.488 e. The zero-order chi connectivity index (χ0) is 20.6. The summed E-state index contributed by atoms with van der Waals surface area (Å²) in [5, 5.41) is 3.08. The van der Waals surface area contributed by atoms with E-state index < -0.39 is 0 Å². The molecular formula is C23H28N2O4. The quantitative estimate of drug-likeness (QED) is 0.803. The minimum atomic E-state index is -0.285. The molecule has 1 saturated heterocycles. The topological polar surface area (TPSA) is 67.9 Å². The molecule has 0 spiro atoms. The van der Waals surface area contributed by atoms with E-state index in [1.165, 1.54) is 5.56 Å². The molecule has 2 aromatic rings. The fraction of sp³-hybridized carbons (Fsp3) is 0.391. The molecular weight excluding hydrogens is 368 g/mol. The van der Waals surface area contributed by atoms with Crippen molar-refractivity contribution in [2.45, 2.75) is 39.3 Å². The molecule has 6 heteroatoms. The summed E-state index contributed by atoms with van der Waals surface area (Å²) >= 11 is 0. The van der Waals surface area contributed by atoms with Gasteiger partial charge < -0.3 is 19.7 Å². The van der Waals surface area contributed by atoms with Crippen molar-refractivity contribution in [1.82, 2.24) is 10.2 Å². The van der Waals surface area contributed by atoms with Gasteiger partial charge in [0.1, 0.15) is 12.4 Å². The van der Waals surface area contributed by atoms with Crippen LogP contribution >= 0.6 is 0 Å². The molecule has 6 nitrogen and oxygen atoms in total. The number of carbonyl (C=O) groups excluding carboxylic acids is 2. The second-order valence-corrected chi connectivity index (χ2v) is 7.21. The van der Waals surface area contributed by atoms with Crippen LogP contribution in [-0.2, 0) is 11.3 Å². The van der Waals surface area contributed by atoms with E-state index in [0.29, 0.717) is 50.5 Å². The summed E-state index contributed by atoms with van der Waals surface area (Å²) in [4.78, 5) is 26.3. The molecule has 1 aliphatic heterocycles. The average molecular weight is 396 g/mol. The molecule has 154 valence electrons. The van der Waals surface area contributed by atoms with Crippen LogP contribution in [-0.4, -0.2) is 42.6 Å². The average Bonchev–Trinajstić information content (AvgIpc) is 2.73. The SMILES string of the molecule is CCOC(=O)N1CCC(NC(=O)c2ccccc2OCc2cccc(C)c2)CC1. The molecule has 29 heavy (non-hydrogen) atoms. The molecule has 0 aliphatic carbocycles. The number of nitrogens with one attached hydrogen (secondary N) is 1.